The van der Waals surface area contributed by atoms with Gasteiger partial charge in [-0.15, -0.1) is 0 Å². The van der Waals surface area contributed by atoms with Crippen LogP contribution in [0.5, 0.6) is 0 Å². The Morgan fingerprint density at radius 1 is 1.57 bits per heavy atom. The van der Waals surface area contributed by atoms with Gasteiger partial charge in [0.05, 0.1) is 18.7 Å². The lowest BCUT2D eigenvalue weighted by Crippen LogP contribution is -2.37. The second-order valence-corrected chi connectivity index (χ2v) is 5.65. The average Bonchev–Trinajstić information content (AvgIpc) is 2.85. The fraction of sp³-hybridized carbons (Fsp3) is 0.500. The van der Waals surface area contributed by atoms with Gasteiger partial charge in [0.25, 0.3) is 0 Å². The first kappa shape index (κ1) is 15.5. The van der Waals surface area contributed by atoms with Crippen molar-refractivity contribution in [3.63, 3.8) is 0 Å². The van der Waals surface area contributed by atoms with Crippen LogP contribution in [-0.2, 0) is 4.74 Å². The number of carbonyl (C=O) groups is 1. The number of carbonyl (C=O) groups excluding carboxylic acids is 1. The summed E-state index contributed by atoms with van der Waals surface area (Å²) in [6, 6.07) is 2.01. The standard InChI is InChI=1S/C14H20N4O2S/c1-8-6-9(2)16-13(11(8)12(15)21)18-5-4-10(7-18)17-14(19)20-3/h6,10H,4-5,7H2,1-3H3,(H2,15,21)(H,17,19). The Bertz CT molecular complexity index is 576. The molecule has 1 saturated heterocycles. The molecule has 2 heterocycles. The highest BCUT2D eigenvalue weighted by molar-refractivity contribution is 7.80. The quantitative estimate of drug-likeness (QED) is 0.819. The number of nitrogens with one attached hydrogen (secondary N) is 1. The highest BCUT2D eigenvalue weighted by atomic mass is 32.1. The van der Waals surface area contributed by atoms with Gasteiger partial charge in [0.15, 0.2) is 0 Å². The van der Waals surface area contributed by atoms with Crippen LogP contribution in [0.4, 0.5) is 10.6 Å². The van der Waals surface area contributed by atoms with E-state index >= 15 is 0 Å². The van der Waals surface area contributed by atoms with Gasteiger partial charge in [0.1, 0.15) is 10.8 Å². The van der Waals surface area contributed by atoms with Crippen molar-refractivity contribution >= 4 is 29.1 Å². The minimum absolute atomic E-state index is 0.0410. The van der Waals surface area contributed by atoms with Crippen LogP contribution in [0.2, 0.25) is 0 Å². The predicted molar refractivity (Wildman–Crippen MR) is 85.8 cm³/mol. The first-order valence-electron chi connectivity index (χ1n) is 6.80. The summed E-state index contributed by atoms with van der Waals surface area (Å²) >= 11 is 5.16. The monoisotopic (exact) mass is 308 g/mol. The van der Waals surface area contributed by atoms with Crippen LogP contribution in [0.15, 0.2) is 6.07 Å². The number of alkyl carbamates (subject to hydrolysis) is 1. The van der Waals surface area contributed by atoms with E-state index in [2.05, 4.69) is 19.9 Å². The molecule has 1 aromatic heterocycles. The molecule has 1 aromatic rings. The minimum Gasteiger partial charge on any atom is -0.453 e. The van der Waals surface area contributed by atoms with Gasteiger partial charge >= 0.3 is 6.09 Å². The molecule has 0 saturated carbocycles. The number of amides is 1. The summed E-state index contributed by atoms with van der Waals surface area (Å²) < 4.78 is 4.63. The lowest BCUT2D eigenvalue weighted by molar-refractivity contribution is 0.167. The van der Waals surface area contributed by atoms with E-state index in [1.165, 1.54) is 7.11 Å². The summed E-state index contributed by atoms with van der Waals surface area (Å²) in [5.74, 6) is 0.800. The van der Waals surface area contributed by atoms with Crippen molar-refractivity contribution in [3.05, 3.63) is 22.9 Å². The van der Waals surface area contributed by atoms with Crippen molar-refractivity contribution < 1.29 is 9.53 Å². The molecule has 2 rings (SSSR count). The Morgan fingerprint density at radius 2 is 2.29 bits per heavy atom. The van der Waals surface area contributed by atoms with Crippen LogP contribution in [0.25, 0.3) is 0 Å². The maximum atomic E-state index is 11.3. The van der Waals surface area contributed by atoms with Crippen LogP contribution >= 0.6 is 12.2 Å². The highest BCUT2D eigenvalue weighted by Gasteiger charge is 2.27. The topological polar surface area (TPSA) is 80.5 Å². The Kier molecular flexibility index (Phi) is 4.62. The molecule has 0 aromatic carbocycles. The molecule has 0 aliphatic carbocycles. The van der Waals surface area contributed by atoms with E-state index in [0.717, 1.165) is 35.6 Å². The van der Waals surface area contributed by atoms with Crippen LogP contribution in [0.3, 0.4) is 0 Å². The number of pyridine rings is 1. The van der Waals surface area contributed by atoms with E-state index in [1.807, 2.05) is 19.9 Å². The molecule has 0 bridgehead atoms. The van der Waals surface area contributed by atoms with Crippen LogP contribution < -0.4 is 16.0 Å². The van der Waals surface area contributed by atoms with Crippen LogP contribution in [0, 0.1) is 13.8 Å². The van der Waals surface area contributed by atoms with Crippen LogP contribution in [0.1, 0.15) is 23.2 Å². The number of rotatable bonds is 3. The molecule has 1 amide bonds. The number of anilines is 1. The number of nitrogens with zero attached hydrogens (tertiary/aromatic N) is 2. The van der Waals surface area contributed by atoms with Gasteiger partial charge in [0, 0.05) is 18.8 Å². The smallest absolute Gasteiger partial charge is 0.407 e. The molecule has 1 aliphatic heterocycles. The van der Waals surface area contributed by atoms with E-state index < -0.39 is 6.09 Å². The summed E-state index contributed by atoms with van der Waals surface area (Å²) in [5, 5.41) is 2.81. The van der Waals surface area contributed by atoms with Gasteiger partial charge in [-0.2, -0.15) is 0 Å². The van der Waals surface area contributed by atoms with Gasteiger partial charge in [-0.3, -0.25) is 0 Å². The number of hydrogen-bond donors (Lipinski definition) is 2. The first-order chi connectivity index (χ1) is 9.92. The fourth-order valence-electron chi connectivity index (χ4n) is 2.65. The van der Waals surface area contributed by atoms with Crippen molar-refractivity contribution in [1.82, 2.24) is 10.3 Å². The molecular formula is C14H20N4O2S. The van der Waals surface area contributed by atoms with Crippen molar-refractivity contribution in [2.75, 3.05) is 25.1 Å². The molecular weight excluding hydrogens is 288 g/mol. The van der Waals surface area contributed by atoms with Crippen molar-refractivity contribution in [2.24, 2.45) is 5.73 Å². The summed E-state index contributed by atoms with van der Waals surface area (Å²) in [6.07, 6.45) is 0.422. The molecule has 1 atom stereocenters. The largest absolute Gasteiger partial charge is 0.453 e. The summed E-state index contributed by atoms with van der Waals surface area (Å²) in [4.78, 5) is 18.3. The molecule has 21 heavy (non-hydrogen) atoms. The Hall–Kier alpha value is -1.89. The van der Waals surface area contributed by atoms with Gasteiger partial charge in [0.2, 0.25) is 0 Å². The molecule has 114 valence electrons. The SMILES string of the molecule is COC(=O)NC1CCN(c2nc(C)cc(C)c2C(N)=S)C1. The maximum Gasteiger partial charge on any atom is 0.407 e. The van der Waals surface area contributed by atoms with Crippen molar-refractivity contribution in [2.45, 2.75) is 26.3 Å². The Labute approximate surface area is 129 Å². The highest BCUT2D eigenvalue weighted by Crippen LogP contribution is 2.26. The van der Waals surface area contributed by atoms with E-state index in [1.54, 1.807) is 0 Å². The van der Waals surface area contributed by atoms with Gasteiger partial charge in [-0.1, -0.05) is 12.2 Å². The molecule has 0 spiro atoms. The number of methoxy groups -OCH3 is 1. The van der Waals surface area contributed by atoms with E-state index in [-0.39, 0.29) is 6.04 Å². The Morgan fingerprint density at radius 3 is 2.90 bits per heavy atom. The Balaban J connectivity index is 2.23. The number of ether oxygens (including phenoxy) is 1. The van der Waals surface area contributed by atoms with Gasteiger partial charge in [-0.25, -0.2) is 9.78 Å². The van der Waals surface area contributed by atoms with E-state index in [4.69, 9.17) is 18.0 Å². The minimum atomic E-state index is -0.412. The molecule has 1 fully saturated rings. The normalized spacial score (nSPS) is 17.7. The van der Waals surface area contributed by atoms with Crippen molar-refractivity contribution in [1.29, 1.82) is 0 Å². The predicted octanol–water partition coefficient (Wildman–Crippen LogP) is 1.27. The summed E-state index contributed by atoms with van der Waals surface area (Å²) in [6.45, 7) is 5.38. The van der Waals surface area contributed by atoms with Gasteiger partial charge < -0.3 is 20.7 Å². The molecule has 1 unspecified atom stereocenters. The first-order valence-corrected chi connectivity index (χ1v) is 7.20. The number of nitrogens with two attached hydrogens (primary N) is 1. The lowest BCUT2D eigenvalue weighted by Gasteiger charge is -2.22. The fourth-order valence-corrected chi connectivity index (χ4v) is 2.90. The zero-order valence-electron chi connectivity index (χ0n) is 12.5. The third kappa shape index (κ3) is 3.41. The zero-order valence-corrected chi connectivity index (χ0v) is 13.3. The van der Waals surface area contributed by atoms with E-state index in [9.17, 15) is 4.79 Å². The van der Waals surface area contributed by atoms with Gasteiger partial charge in [-0.05, 0) is 31.9 Å². The van der Waals surface area contributed by atoms with Crippen molar-refractivity contribution in [3.8, 4) is 0 Å². The maximum absolute atomic E-state index is 11.3. The second-order valence-electron chi connectivity index (χ2n) is 5.21. The number of hydrogen-bond acceptors (Lipinski definition) is 5. The third-order valence-electron chi connectivity index (χ3n) is 3.57. The number of aromatic nitrogens is 1. The molecule has 0 radical (unpaired) electrons. The summed E-state index contributed by atoms with van der Waals surface area (Å²) in [5.41, 5.74) is 8.60. The number of thiocarbonyl (C=S) groups is 1. The summed E-state index contributed by atoms with van der Waals surface area (Å²) in [7, 11) is 1.36. The lowest BCUT2D eigenvalue weighted by atomic mass is 10.1. The molecule has 7 heteroatoms. The number of aryl methyl sites for hydroxylation is 2. The molecule has 3 N–H and O–H groups in total. The third-order valence-corrected chi connectivity index (χ3v) is 3.77. The molecule has 1 aliphatic rings. The average molecular weight is 308 g/mol. The van der Waals surface area contributed by atoms with Crippen LogP contribution in [-0.4, -0.2) is 42.3 Å². The zero-order chi connectivity index (χ0) is 15.6. The second kappa shape index (κ2) is 6.26. The van der Waals surface area contributed by atoms with E-state index in [0.29, 0.717) is 11.5 Å². The molecule has 6 nitrogen and oxygen atoms in total.